The van der Waals surface area contributed by atoms with E-state index < -0.39 is 10.7 Å². The Morgan fingerprint density at radius 1 is 1.13 bits per heavy atom. The van der Waals surface area contributed by atoms with Crippen LogP contribution in [0.1, 0.15) is 25.7 Å². The quantitative estimate of drug-likeness (QED) is 0.682. The molecule has 0 bridgehead atoms. The Hall–Kier alpha value is -1.73. The lowest BCUT2D eigenvalue weighted by molar-refractivity contribution is -0.385. The molecule has 1 heterocycles. The second-order valence-electron chi connectivity index (χ2n) is 6.38. The third-order valence-electron chi connectivity index (χ3n) is 4.98. The summed E-state index contributed by atoms with van der Waals surface area (Å²) in [6.45, 7) is 3.15. The van der Waals surface area contributed by atoms with Gasteiger partial charge in [-0.1, -0.05) is 0 Å². The smallest absolute Gasteiger partial charge is 0.272 e. The zero-order valence-electron chi connectivity index (χ0n) is 13.0. The Balaban J connectivity index is 1.59. The van der Waals surface area contributed by atoms with Crippen molar-refractivity contribution in [2.24, 2.45) is 0 Å². The first-order chi connectivity index (χ1) is 11.0. The molecule has 2 aliphatic rings. The average molecular weight is 323 g/mol. The second-order valence-corrected chi connectivity index (χ2v) is 6.38. The zero-order chi connectivity index (χ0) is 16.4. The van der Waals surface area contributed by atoms with E-state index in [4.69, 9.17) is 0 Å². The van der Waals surface area contributed by atoms with E-state index in [9.17, 15) is 19.6 Å². The van der Waals surface area contributed by atoms with Crippen molar-refractivity contribution in [1.29, 1.82) is 0 Å². The molecule has 0 aromatic heterocycles. The number of hydrogen-bond acceptors (Lipinski definition) is 5. The van der Waals surface area contributed by atoms with Crippen LogP contribution in [0.3, 0.4) is 0 Å². The van der Waals surface area contributed by atoms with Gasteiger partial charge in [0.15, 0.2) is 5.82 Å². The van der Waals surface area contributed by atoms with Crippen LogP contribution in [-0.4, -0.2) is 53.3 Å². The number of benzene rings is 1. The summed E-state index contributed by atoms with van der Waals surface area (Å²) < 4.78 is 14.1. The number of aliphatic hydroxyl groups excluding tert-OH is 1. The first-order valence-electron chi connectivity index (χ1n) is 8.15. The first-order valence-corrected chi connectivity index (χ1v) is 8.15. The molecule has 6 nitrogen and oxygen atoms in total. The van der Waals surface area contributed by atoms with Gasteiger partial charge in [0.25, 0.3) is 5.69 Å². The van der Waals surface area contributed by atoms with Gasteiger partial charge in [0.05, 0.1) is 22.8 Å². The van der Waals surface area contributed by atoms with Crippen LogP contribution in [0.25, 0.3) is 0 Å². The second kappa shape index (κ2) is 6.80. The molecule has 1 aliphatic heterocycles. The van der Waals surface area contributed by atoms with Crippen LogP contribution in [0.4, 0.5) is 15.8 Å². The Bertz CT molecular complexity index is 568. The normalized spacial score (nSPS) is 26.3. The van der Waals surface area contributed by atoms with Gasteiger partial charge in [-0.05, 0) is 31.7 Å². The lowest BCUT2D eigenvalue weighted by Gasteiger charge is -2.42. The van der Waals surface area contributed by atoms with Gasteiger partial charge in [0, 0.05) is 38.3 Å². The molecule has 0 unspecified atom stereocenters. The molecule has 1 N–H and O–H groups in total. The van der Waals surface area contributed by atoms with Gasteiger partial charge in [-0.3, -0.25) is 15.0 Å². The third-order valence-corrected chi connectivity index (χ3v) is 4.98. The Morgan fingerprint density at radius 2 is 1.78 bits per heavy atom. The van der Waals surface area contributed by atoms with Crippen LogP contribution in [-0.2, 0) is 0 Å². The summed E-state index contributed by atoms with van der Waals surface area (Å²) in [6.07, 6.45) is 3.62. The van der Waals surface area contributed by atoms with Crippen molar-refractivity contribution < 1.29 is 14.4 Å². The van der Waals surface area contributed by atoms with E-state index in [1.807, 2.05) is 4.90 Å². The SMILES string of the molecule is O=[N+]([O-])c1ccc(N2CCN(C3CCC(O)CC3)CC2)c(F)c1. The number of halogens is 1. The molecular weight excluding hydrogens is 301 g/mol. The van der Waals surface area contributed by atoms with E-state index in [-0.39, 0.29) is 11.8 Å². The van der Waals surface area contributed by atoms with E-state index in [1.165, 1.54) is 12.1 Å². The number of rotatable bonds is 3. The molecule has 0 atom stereocenters. The first kappa shape index (κ1) is 16.1. The molecular formula is C16H22FN3O3. The predicted octanol–water partition coefficient (Wildman–Crippen LogP) is 2.16. The lowest BCUT2D eigenvalue weighted by Crippen LogP contribution is -2.51. The minimum Gasteiger partial charge on any atom is -0.393 e. The average Bonchev–Trinajstić information content (AvgIpc) is 2.56. The van der Waals surface area contributed by atoms with Crippen LogP contribution in [0, 0.1) is 15.9 Å². The molecule has 1 saturated heterocycles. The topological polar surface area (TPSA) is 69.9 Å². The van der Waals surface area contributed by atoms with E-state index in [0.29, 0.717) is 24.8 Å². The maximum absolute atomic E-state index is 14.1. The van der Waals surface area contributed by atoms with Gasteiger partial charge >= 0.3 is 0 Å². The molecule has 1 aliphatic carbocycles. The predicted molar refractivity (Wildman–Crippen MR) is 85.1 cm³/mol. The van der Waals surface area contributed by atoms with Crippen molar-refractivity contribution in [3.05, 3.63) is 34.1 Å². The highest BCUT2D eigenvalue weighted by Gasteiger charge is 2.28. The molecule has 7 heteroatoms. The number of non-ortho nitro benzene ring substituents is 1. The summed E-state index contributed by atoms with van der Waals surface area (Å²) in [5.41, 5.74) is 0.222. The Morgan fingerprint density at radius 3 is 2.35 bits per heavy atom. The van der Waals surface area contributed by atoms with Gasteiger partial charge in [0.2, 0.25) is 0 Å². The van der Waals surface area contributed by atoms with Crippen LogP contribution >= 0.6 is 0 Å². The molecule has 126 valence electrons. The van der Waals surface area contributed by atoms with Gasteiger partial charge in [-0.25, -0.2) is 4.39 Å². The van der Waals surface area contributed by atoms with Crippen LogP contribution in [0.2, 0.25) is 0 Å². The minimum absolute atomic E-state index is 0.151. The fourth-order valence-electron chi connectivity index (χ4n) is 3.62. The summed E-state index contributed by atoms with van der Waals surface area (Å²) >= 11 is 0. The highest BCUT2D eigenvalue weighted by atomic mass is 19.1. The number of nitro benzene ring substituents is 1. The number of hydrogen-bond donors (Lipinski definition) is 1. The molecule has 1 aromatic carbocycles. The molecule has 0 radical (unpaired) electrons. The summed E-state index contributed by atoms with van der Waals surface area (Å²) in [6, 6.07) is 4.36. The molecule has 2 fully saturated rings. The highest BCUT2D eigenvalue weighted by Crippen LogP contribution is 2.27. The van der Waals surface area contributed by atoms with Crippen molar-refractivity contribution >= 4 is 11.4 Å². The van der Waals surface area contributed by atoms with Crippen molar-refractivity contribution in [3.63, 3.8) is 0 Å². The summed E-state index contributed by atoms with van der Waals surface area (Å²) in [5.74, 6) is -0.534. The number of aliphatic hydroxyl groups is 1. The highest BCUT2D eigenvalue weighted by molar-refractivity contribution is 5.52. The van der Waals surface area contributed by atoms with Crippen molar-refractivity contribution in [1.82, 2.24) is 4.90 Å². The van der Waals surface area contributed by atoms with Gasteiger partial charge < -0.3 is 10.0 Å². The summed E-state index contributed by atoms with van der Waals surface area (Å²) in [4.78, 5) is 14.5. The minimum atomic E-state index is -0.581. The van der Waals surface area contributed by atoms with Gasteiger partial charge in [-0.2, -0.15) is 0 Å². The fourth-order valence-corrected chi connectivity index (χ4v) is 3.62. The third kappa shape index (κ3) is 3.61. The van der Waals surface area contributed by atoms with E-state index in [0.717, 1.165) is 44.8 Å². The number of piperazine rings is 1. The van der Waals surface area contributed by atoms with Crippen LogP contribution in [0.5, 0.6) is 0 Å². The Kier molecular flexibility index (Phi) is 4.77. The maximum atomic E-state index is 14.1. The van der Waals surface area contributed by atoms with E-state index in [2.05, 4.69) is 4.90 Å². The molecule has 23 heavy (non-hydrogen) atoms. The molecule has 1 aromatic rings. The molecule has 0 spiro atoms. The fraction of sp³-hybridized carbons (Fsp3) is 0.625. The molecule has 0 amide bonds. The monoisotopic (exact) mass is 323 g/mol. The summed E-state index contributed by atoms with van der Waals surface area (Å²) in [5, 5.41) is 20.3. The number of nitrogens with zero attached hydrogens (tertiary/aromatic N) is 3. The Labute approximate surface area is 134 Å². The maximum Gasteiger partial charge on any atom is 0.272 e. The van der Waals surface area contributed by atoms with Crippen molar-refractivity contribution in [3.8, 4) is 0 Å². The zero-order valence-corrected chi connectivity index (χ0v) is 13.0. The van der Waals surface area contributed by atoms with Crippen LogP contribution in [0.15, 0.2) is 18.2 Å². The molecule has 1 saturated carbocycles. The standard InChI is InChI=1S/C16H22FN3O3/c17-15-11-13(20(22)23)3-6-16(15)19-9-7-18(8-10-19)12-1-4-14(21)5-2-12/h3,6,11-12,14,21H,1-2,4-5,7-10H2. The summed E-state index contributed by atoms with van der Waals surface area (Å²) in [7, 11) is 0. The lowest BCUT2D eigenvalue weighted by atomic mass is 9.91. The number of nitro groups is 1. The van der Waals surface area contributed by atoms with E-state index >= 15 is 0 Å². The van der Waals surface area contributed by atoms with Crippen molar-refractivity contribution in [2.45, 2.75) is 37.8 Å². The van der Waals surface area contributed by atoms with Gasteiger partial charge in [0.1, 0.15) is 0 Å². The molecule has 3 rings (SSSR count). The van der Waals surface area contributed by atoms with Crippen LogP contribution < -0.4 is 4.90 Å². The van der Waals surface area contributed by atoms with Gasteiger partial charge in [-0.15, -0.1) is 0 Å². The number of anilines is 1. The largest absolute Gasteiger partial charge is 0.393 e. The van der Waals surface area contributed by atoms with E-state index in [1.54, 1.807) is 0 Å². The van der Waals surface area contributed by atoms with Crippen molar-refractivity contribution in [2.75, 3.05) is 31.1 Å².